The fraction of sp³-hybridized carbons (Fsp3) is 0.558. The van der Waals surface area contributed by atoms with Gasteiger partial charge < -0.3 is 38.4 Å². The highest BCUT2D eigenvalue weighted by atomic mass is 32.1. The number of carbonyl (C=O) groups excluding carboxylic acids is 4. The molecule has 1 aromatic heterocycles. The predicted octanol–water partition coefficient (Wildman–Crippen LogP) is 10.3. The van der Waals surface area contributed by atoms with Crippen LogP contribution in [0, 0.1) is 11.8 Å². The third kappa shape index (κ3) is 12.9. The van der Waals surface area contributed by atoms with Gasteiger partial charge in [0.1, 0.15) is 29.6 Å². The van der Waals surface area contributed by atoms with E-state index in [1.54, 1.807) is 51.0 Å². The van der Waals surface area contributed by atoms with E-state index < -0.39 is 23.7 Å². The number of hydrogen-bond donors (Lipinski definition) is 0. The average Bonchev–Trinajstić information content (AvgIpc) is 4.03. The van der Waals surface area contributed by atoms with E-state index in [0.717, 1.165) is 96.1 Å². The van der Waals surface area contributed by atoms with E-state index in [-0.39, 0.29) is 48.9 Å². The van der Waals surface area contributed by atoms with Gasteiger partial charge in [0.25, 0.3) is 0 Å². The molecule has 0 spiro atoms. The molecular weight excluding hydrogens is 857 g/mol. The number of rotatable bonds is 18. The Kier molecular flexibility index (Phi) is 17.1. The SMILES string of the molecule is C[C@@H](C(=O)C[C@H](C(=O)N1CCC[C@H]1c1nc(-c2ccc(OCCOCCOC3CCN(C(=O)OCc4ccccc4)CC3)c3ccccc23)cs1)C1CCCCC1)N(C)C(=O)OC(C)(C)C. The van der Waals surface area contributed by atoms with Gasteiger partial charge in [0.2, 0.25) is 5.91 Å². The number of carbonyl (C=O) groups is 4. The lowest BCUT2D eigenvalue weighted by Gasteiger charge is -2.35. The van der Waals surface area contributed by atoms with Gasteiger partial charge in [0.15, 0.2) is 5.78 Å². The standard InChI is InChI=1S/C52H68N4O9S/c1-36(54(5)50(59)65-52(2,3)4)46(57)33-43(38-17-10-7-11-18-38)49(58)56-26-14-21-45(56)48-53-44(35-66-48)41-22-23-47(42-20-13-12-19-40(41)42)63-32-30-61-29-31-62-39-24-27-55(28-25-39)51(60)64-34-37-15-8-6-9-16-37/h6,8-9,12-13,15-16,19-20,22-23,35-36,38-39,43,45H,7,10-11,14,17-18,21,24-34H2,1-5H3/t36-,43-,45-/m0/s1. The normalized spacial score (nSPS) is 18.2. The molecule has 3 aliphatic rings. The van der Waals surface area contributed by atoms with Crippen LogP contribution in [0.25, 0.3) is 22.0 Å². The van der Waals surface area contributed by atoms with E-state index in [1.807, 2.05) is 53.4 Å². The molecule has 0 N–H and O–H groups in total. The molecule has 0 radical (unpaired) electrons. The van der Waals surface area contributed by atoms with Gasteiger partial charge in [-0.15, -0.1) is 11.3 Å². The molecular formula is C52H68N4O9S. The van der Waals surface area contributed by atoms with Crippen LogP contribution in [0.5, 0.6) is 5.75 Å². The number of piperidine rings is 1. The zero-order chi connectivity index (χ0) is 46.6. The maximum Gasteiger partial charge on any atom is 0.410 e. The lowest BCUT2D eigenvalue weighted by atomic mass is 9.76. The van der Waals surface area contributed by atoms with Crippen molar-refractivity contribution < 1.29 is 42.9 Å². The van der Waals surface area contributed by atoms with Crippen molar-refractivity contribution in [2.24, 2.45) is 11.8 Å². The molecule has 2 saturated heterocycles. The topological polar surface area (TPSA) is 137 Å². The van der Waals surface area contributed by atoms with Crippen molar-refractivity contribution in [3.8, 4) is 17.0 Å². The van der Waals surface area contributed by atoms with Crippen molar-refractivity contribution >= 4 is 46.0 Å². The number of ketones is 1. The van der Waals surface area contributed by atoms with Crippen LogP contribution in [0.3, 0.4) is 0 Å². The Morgan fingerprint density at radius 3 is 2.27 bits per heavy atom. The minimum absolute atomic E-state index is 0.0289. The highest BCUT2D eigenvalue weighted by Crippen LogP contribution is 2.42. The van der Waals surface area contributed by atoms with E-state index in [4.69, 9.17) is 28.7 Å². The lowest BCUT2D eigenvalue weighted by Crippen LogP contribution is -2.46. The van der Waals surface area contributed by atoms with Gasteiger partial charge in [0, 0.05) is 55.4 Å². The van der Waals surface area contributed by atoms with Gasteiger partial charge in [-0.2, -0.15) is 0 Å². The maximum atomic E-state index is 14.7. The number of likely N-dealkylation sites (tertiary alicyclic amines) is 2. The zero-order valence-electron chi connectivity index (χ0n) is 39.4. The Balaban J connectivity index is 0.901. The predicted molar refractivity (Wildman–Crippen MR) is 255 cm³/mol. The second kappa shape index (κ2) is 23.1. The van der Waals surface area contributed by atoms with Gasteiger partial charge in [-0.3, -0.25) is 9.59 Å². The number of amides is 3. The third-order valence-electron chi connectivity index (χ3n) is 13.2. The first-order valence-electron chi connectivity index (χ1n) is 23.9. The molecule has 356 valence electrons. The molecule has 3 heterocycles. The van der Waals surface area contributed by atoms with Crippen LogP contribution < -0.4 is 4.74 Å². The Morgan fingerprint density at radius 1 is 0.818 bits per heavy atom. The van der Waals surface area contributed by atoms with E-state index in [0.29, 0.717) is 46.1 Å². The summed E-state index contributed by atoms with van der Waals surface area (Å²) in [6.45, 7) is 11.0. The fourth-order valence-electron chi connectivity index (χ4n) is 9.37. The van der Waals surface area contributed by atoms with Gasteiger partial charge in [-0.05, 0) is 95.2 Å². The number of ether oxygens (including phenoxy) is 5. The molecule has 2 aliphatic heterocycles. The summed E-state index contributed by atoms with van der Waals surface area (Å²) >= 11 is 1.58. The highest BCUT2D eigenvalue weighted by molar-refractivity contribution is 7.10. The van der Waals surface area contributed by atoms with Crippen molar-refractivity contribution in [2.75, 3.05) is 53.1 Å². The minimum atomic E-state index is -0.715. The molecule has 1 aliphatic carbocycles. The second-order valence-corrected chi connectivity index (χ2v) is 19.8. The van der Waals surface area contributed by atoms with Crippen molar-refractivity contribution in [1.29, 1.82) is 0 Å². The minimum Gasteiger partial charge on any atom is -0.491 e. The molecule has 66 heavy (non-hydrogen) atoms. The maximum absolute atomic E-state index is 14.7. The molecule has 4 aromatic rings. The van der Waals surface area contributed by atoms with Crippen LogP contribution >= 0.6 is 11.3 Å². The summed E-state index contributed by atoms with van der Waals surface area (Å²) in [5.74, 6) is 0.354. The van der Waals surface area contributed by atoms with Crippen LogP contribution in [-0.2, 0) is 35.1 Å². The number of benzene rings is 3. The molecule has 7 rings (SSSR count). The fourth-order valence-corrected chi connectivity index (χ4v) is 10.3. The molecule has 13 nitrogen and oxygen atoms in total. The molecule has 3 atom stereocenters. The van der Waals surface area contributed by atoms with Crippen LogP contribution in [0.2, 0.25) is 0 Å². The molecule has 1 saturated carbocycles. The number of Topliss-reactive ketones (excluding diaryl/α,β-unsaturated/α-hetero) is 1. The number of likely N-dealkylation sites (N-methyl/N-ethyl adjacent to an activating group) is 1. The summed E-state index contributed by atoms with van der Waals surface area (Å²) < 4.78 is 29.2. The molecule has 0 unspecified atom stereocenters. The second-order valence-electron chi connectivity index (χ2n) is 18.9. The Bertz CT molecular complexity index is 2230. The molecule has 14 heteroatoms. The molecule has 0 bridgehead atoms. The number of fused-ring (bicyclic) bond motifs is 1. The van der Waals surface area contributed by atoms with Crippen molar-refractivity contribution in [1.82, 2.24) is 19.7 Å². The van der Waals surface area contributed by atoms with Crippen molar-refractivity contribution in [3.63, 3.8) is 0 Å². The monoisotopic (exact) mass is 924 g/mol. The smallest absolute Gasteiger partial charge is 0.410 e. The summed E-state index contributed by atoms with van der Waals surface area (Å²) in [4.78, 5) is 64.1. The first-order chi connectivity index (χ1) is 31.9. The summed E-state index contributed by atoms with van der Waals surface area (Å²) in [5.41, 5.74) is 2.14. The van der Waals surface area contributed by atoms with Crippen LogP contribution in [-0.4, -0.2) is 114 Å². The van der Waals surface area contributed by atoms with E-state index >= 15 is 0 Å². The van der Waals surface area contributed by atoms with Crippen molar-refractivity contribution in [3.05, 3.63) is 82.7 Å². The first kappa shape index (κ1) is 48.9. The van der Waals surface area contributed by atoms with Crippen LogP contribution in [0.1, 0.15) is 109 Å². The first-order valence-corrected chi connectivity index (χ1v) is 24.8. The number of nitrogens with zero attached hydrogens (tertiary/aromatic N) is 4. The molecule has 3 aromatic carbocycles. The highest BCUT2D eigenvalue weighted by Gasteiger charge is 2.41. The number of hydrogen-bond acceptors (Lipinski definition) is 11. The van der Waals surface area contributed by atoms with E-state index in [9.17, 15) is 19.2 Å². The summed E-state index contributed by atoms with van der Waals surface area (Å²) in [6, 6.07) is 21.0. The quantitative estimate of drug-likeness (QED) is 0.0887. The van der Waals surface area contributed by atoms with Crippen LogP contribution in [0.4, 0.5) is 9.59 Å². The van der Waals surface area contributed by atoms with E-state index in [1.165, 1.54) is 4.90 Å². The van der Waals surface area contributed by atoms with Crippen molar-refractivity contribution in [2.45, 2.75) is 122 Å². The summed E-state index contributed by atoms with van der Waals surface area (Å²) in [5, 5.41) is 4.98. The average molecular weight is 925 g/mol. The van der Waals surface area contributed by atoms with Gasteiger partial charge in [-0.25, -0.2) is 14.6 Å². The van der Waals surface area contributed by atoms with E-state index in [2.05, 4.69) is 23.6 Å². The summed E-state index contributed by atoms with van der Waals surface area (Å²) in [6.07, 6.45) is 7.65. The third-order valence-corrected chi connectivity index (χ3v) is 14.1. The Hall–Kier alpha value is -5.05. The Morgan fingerprint density at radius 2 is 1.53 bits per heavy atom. The number of thiazole rings is 1. The van der Waals surface area contributed by atoms with Gasteiger partial charge in [0.05, 0.1) is 43.7 Å². The van der Waals surface area contributed by atoms with Crippen LogP contribution in [0.15, 0.2) is 72.1 Å². The molecule has 3 amide bonds. The van der Waals surface area contributed by atoms with Gasteiger partial charge in [-0.1, -0.05) is 73.9 Å². The Labute approximate surface area is 394 Å². The largest absolute Gasteiger partial charge is 0.491 e. The molecule has 3 fully saturated rings. The lowest BCUT2D eigenvalue weighted by molar-refractivity contribution is -0.142. The summed E-state index contributed by atoms with van der Waals surface area (Å²) in [7, 11) is 1.59. The number of aromatic nitrogens is 1. The zero-order valence-corrected chi connectivity index (χ0v) is 40.2. The van der Waals surface area contributed by atoms with Gasteiger partial charge >= 0.3 is 12.2 Å².